The van der Waals surface area contributed by atoms with Crippen molar-refractivity contribution in [2.75, 3.05) is 24.3 Å². The molecule has 1 aromatic heterocycles. The van der Waals surface area contributed by atoms with Crippen LogP contribution in [0.5, 0.6) is 5.75 Å². The Kier molecular flexibility index (Phi) is 6.55. The van der Waals surface area contributed by atoms with Crippen LogP contribution in [0.25, 0.3) is 0 Å². The SMILES string of the molecule is COc1ccccc1CCNc1ncc(C#N)c(N[C@@H]2CC[C@H](O)C(C)(C)C2)n1. The molecule has 3 N–H and O–H groups in total. The van der Waals surface area contributed by atoms with Gasteiger partial charge >= 0.3 is 0 Å². The van der Waals surface area contributed by atoms with Crippen LogP contribution in [0.2, 0.25) is 0 Å². The fraction of sp³-hybridized carbons (Fsp3) is 0.500. The van der Waals surface area contributed by atoms with Crippen molar-refractivity contribution in [3.63, 3.8) is 0 Å². The lowest BCUT2D eigenvalue weighted by Gasteiger charge is -2.40. The van der Waals surface area contributed by atoms with Gasteiger partial charge < -0.3 is 20.5 Å². The summed E-state index contributed by atoms with van der Waals surface area (Å²) in [5.74, 6) is 1.88. The van der Waals surface area contributed by atoms with Crippen molar-refractivity contribution in [3.05, 3.63) is 41.6 Å². The van der Waals surface area contributed by atoms with E-state index in [0.717, 1.165) is 37.0 Å². The number of hydrogen-bond donors (Lipinski definition) is 3. The first kappa shape index (κ1) is 20.9. The Morgan fingerprint density at radius 3 is 2.83 bits per heavy atom. The zero-order chi connectivity index (χ0) is 20.9. The van der Waals surface area contributed by atoms with Crippen LogP contribution in [0.4, 0.5) is 11.8 Å². The maximum Gasteiger partial charge on any atom is 0.224 e. The molecule has 3 rings (SSSR count). The molecule has 1 aliphatic carbocycles. The molecule has 2 atom stereocenters. The number of hydrogen-bond acceptors (Lipinski definition) is 7. The van der Waals surface area contributed by atoms with Crippen LogP contribution in [-0.4, -0.2) is 40.9 Å². The Balaban J connectivity index is 1.65. The Morgan fingerprint density at radius 2 is 2.10 bits per heavy atom. The number of rotatable bonds is 7. The first-order valence-corrected chi connectivity index (χ1v) is 10.0. The van der Waals surface area contributed by atoms with Crippen LogP contribution in [0.3, 0.4) is 0 Å². The summed E-state index contributed by atoms with van der Waals surface area (Å²) in [5, 5.41) is 26.2. The fourth-order valence-electron chi connectivity index (χ4n) is 3.82. The van der Waals surface area contributed by atoms with Crippen LogP contribution >= 0.6 is 0 Å². The van der Waals surface area contributed by atoms with Gasteiger partial charge in [0.1, 0.15) is 23.2 Å². The quantitative estimate of drug-likeness (QED) is 0.660. The average molecular weight is 396 g/mol. The van der Waals surface area contributed by atoms with Gasteiger partial charge in [0, 0.05) is 12.6 Å². The van der Waals surface area contributed by atoms with Gasteiger partial charge in [-0.15, -0.1) is 0 Å². The van der Waals surface area contributed by atoms with Crippen molar-refractivity contribution in [2.24, 2.45) is 5.41 Å². The van der Waals surface area contributed by atoms with E-state index in [-0.39, 0.29) is 17.6 Å². The smallest absolute Gasteiger partial charge is 0.224 e. The van der Waals surface area contributed by atoms with E-state index in [1.807, 2.05) is 24.3 Å². The minimum Gasteiger partial charge on any atom is -0.496 e. The first-order valence-electron chi connectivity index (χ1n) is 10.0. The molecule has 0 radical (unpaired) electrons. The van der Waals surface area contributed by atoms with E-state index < -0.39 is 0 Å². The number of aliphatic hydroxyl groups excluding tert-OH is 1. The number of aromatic nitrogens is 2. The van der Waals surface area contributed by atoms with Gasteiger partial charge in [0.15, 0.2) is 0 Å². The number of methoxy groups -OCH3 is 1. The van der Waals surface area contributed by atoms with E-state index in [0.29, 0.717) is 23.9 Å². The fourth-order valence-corrected chi connectivity index (χ4v) is 3.82. The predicted octanol–water partition coefficient (Wildman–Crippen LogP) is 3.36. The molecule has 0 aliphatic heterocycles. The van der Waals surface area contributed by atoms with Gasteiger partial charge in [-0.05, 0) is 42.7 Å². The van der Waals surface area contributed by atoms with Crippen molar-refractivity contribution in [2.45, 2.75) is 51.7 Å². The van der Waals surface area contributed by atoms with Crippen LogP contribution in [0, 0.1) is 16.7 Å². The van der Waals surface area contributed by atoms with Crippen molar-refractivity contribution >= 4 is 11.8 Å². The zero-order valence-electron chi connectivity index (χ0n) is 17.3. The van der Waals surface area contributed by atoms with Gasteiger partial charge in [0.05, 0.1) is 19.4 Å². The molecule has 0 bridgehead atoms. The number of ether oxygens (including phenoxy) is 1. The van der Waals surface area contributed by atoms with E-state index in [2.05, 4.69) is 40.5 Å². The second-order valence-electron chi connectivity index (χ2n) is 8.18. The van der Waals surface area contributed by atoms with Crippen LogP contribution in [0.1, 0.15) is 44.2 Å². The second kappa shape index (κ2) is 9.10. The number of nitrogens with one attached hydrogen (secondary N) is 2. The highest BCUT2D eigenvalue weighted by atomic mass is 16.5. The van der Waals surface area contributed by atoms with Crippen LogP contribution in [-0.2, 0) is 6.42 Å². The van der Waals surface area contributed by atoms with Crippen molar-refractivity contribution in [1.29, 1.82) is 5.26 Å². The lowest BCUT2D eigenvalue weighted by Crippen LogP contribution is -2.41. The maximum atomic E-state index is 10.2. The van der Waals surface area contributed by atoms with E-state index in [9.17, 15) is 10.4 Å². The molecule has 1 heterocycles. The van der Waals surface area contributed by atoms with Gasteiger partial charge in [-0.2, -0.15) is 10.2 Å². The maximum absolute atomic E-state index is 10.2. The Hall–Kier alpha value is -2.85. The van der Waals surface area contributed by atoms with Gasteiger partial charge in [-0.3, -0.25) is 0 Å². The van der Waals surface area contributed by atoms with Crippen LogP contribution in [0.15, 0.2) is 30.5 Å². The highest BCUT2D eigenvalue weighted by molar-refractivity contribution is 5.54. The average Bonchev–Trinajstić information content (AvgIpc) is 2.71. The molecule has 7 nitrogen and oxygen atoms in total. The molecule has 2 aromatic rings. The van der Waals surface area contributed by atoms with E-state index >= 15 is 0 Å². The first-order chi connectivity index (χ1) is 13.9. The third-order valence-electron chi connectivity index (χ3n) is 5.58. The number of para-hydroxylation sites is 1. The summed E-state index contributed by atoms with van der Waals surface area (Å²) in [6, 6.07) is 10.2. The Morgan fingerprint density at radius 1 is 1.31 bits per heavy atom. The van der Waals surface area contributed by atoms with Crippen molar-refractivity contribution in [1.82, 2.24) is 9.97 Å². The molecule has 1 aliphatic rings. The summed E-state index contributed by atoms with van der Waals surface area (Å²) < 4.78 is 5.38. The highest BCUT2D eigenvalue weighted by Gasteiger charge is 2.35. The zero-order valence-corrected chi connectivity index (χ0v) is 17.3. The lowest BCUT2D eigenvalue weighted by atomic mass is 9.73. The van der Waals surface area contributed by atoms with E-state index in [1.54, 1.807) is 13.3 Å². The minimum atomic E-state index is -0.298. The molecule has 0 saturated heterocycles. The molecule has 29 heavy (non-hydrogen) atoms. The van der Waals surface area contributed by atoms with Gasteiger partial charge in [0.25, 0.3) is 0 Å². The molecule has 1 saturated carbocycles. The van der Waals surface area contributed by atoms with Crippen molar-refractivity contribution in [3.8, 4) is 11.8 Å². The Bertz CT molecular complexity index is 878. The van der Waals surface area contributed by atoms with Gasteiger partial charge in [0.2, 0.25) is 5.95 Å². The number of aliphatic hydroxyl groups is 1. The third-order valence-corrected chi connectivity index (χ3v) is 5.58. The molecule has 154 valence electrons. The number of benzene rings is 1. The van der Waals surface area contributed by atoms with Crippen molar-refractivity contribution < 1.29 is 9.84 Å². The number of nitrogens with zero attached hydrogens (tertiary/aromatic N) is 3. The summed E-state index contributed by atoms with van der Waals surface area (Å²) in [4.78, 5) is 8.79. The molecule has 1 fully saturated rings. The number of nitriles is 1. The monoisotopic (exact) mass is 395 g/mol. The molecular formula is C22H29N5O2. The lowest BCUT2D eigenvalue weighted by molar-refractivity contribution is 0.00926. The molecule has 1 aromatic carbocycles. The third kappa shape index (κ3) is 5.15. The van der Waals surface area contributed by atoms with E-state index in [1.165, 1.54) is 0 Å². The normalized spacial score (nSPS) is 20.5. The highest BCUT2D eigenvalue weighted by Crippen LogP contribution is 2.36. The molecular weight excluding hydrogens is 366 g/mol. The summed E-state index contributed by atoms with van der Waals surface area (Å²) in [7, 11) is 1.67. The molecule has 0 spiro atoms. The second-order valence-corrected chi connectivity index (χ2v) is 8.18. The topological polar surface area (TPSA) is 103 Å². The summed E-state index contributed by atoms with van der Waals surface area (Å²) in [5.41, 5.74) is 1.37. The predicted molar refractivity (Wildman–Crippen MR) is 113 cm³/mol. The van der Waals surface area contributed by atoms with Gasteiger partial charge in [-0.25, -0.2) is 4.98 Å². The standard InChI is InChI=1S/C22H29N5O2/c1-22(2)12-17(8-9-19(22)28)26-20-16(13-23)14-25-21(27-20)24-11-10-15-6-4-5-7-18(15)29-3/h4-7,14,17,19,28H,8-12H2,1-3H3,(H2,24,25,26,27)/t17-,19+/m1/s1. The van der Waals surface area contributed by atoms with Crippen LogP contribution < -0.4 is 15.4 Å². The summed E-state index contributed by atoms with van der Waals surface area (Å²) in [6.45, 7) is 4.79. The summed E-state index contributed by atoms with van der Waals surface area (Å²) >= 11 is 0. The molecule has 0 amide bonds. The molecule has 0 unspecified atom stereocenters. The number of anilines is 2. The molecule has 7 heteroatoms. The summed E-state index contributed by atoms with van der Waals surface area (Å²) in [6.07, 6.45) is 4.42. The Labute approximate surface area is 172 Å². The minimum absolute atomic E-state index is 0.161. The largest absolute Gasteiger partial charge is 0.496 e. The van der Waals surface area contributed by atoms with Gasteiger partial charge in [-0.1, -0.05) is 32.0 Å². The van der Waals surface area contributed by atoms with E-state index in [4.69, 9.17) is 4.74 Å².